The number of aromatic nitrogens is 1. The largest absolute Gasteiger partial charge is 0.497 e. The highest BCUT2D eigenvalue weighted by Crippen LogP contribution is 2.35. The van der Waals surface area contributed by atoms with Crippen LogP contribution in [0.25, 0.3) is 16.5 Å². The van der Waals surface area contributed by atoms with Gasteiger partial charge in [-0.05, 0) is 54.8 Å². The van der Waals surface area contributed by atoms with Crippen LogP contribution in [0.1, 0.15) is 34.5 Å². The molecule has 2 N–H and O–H groups in total. The maximum atomic E-state index is 14.2. The number of carboxylic acids is 1. The topological polar surface area (TPSA) is 92.0 Å². The first-order valence-corrected chi connectivity index (χ1v) is 12.1. The van der Waals surface area contributed by atoms with Gasteiger partial charge < -0.3 is 14.9 Å². The van der Waals surface area contributed by atoms with E-state index in [1.165, 1.54) is 22.8 Å². The lowest BCUT2D eigenvalue weighted by Gasteiger charge is -2.39. The number of fused-ring (bicyclic) bond motifs is 1. The number of ether oxygens (including phenoxy) is 1. The summed E-state index contributed by atoms with van der Waals surface area (Å²) in [5.74, 6) is -1.03. The van der Waals surface area contributed by atoms with Gasteiger partial charge in [0, 0.05) is 30.4 Å². The van der Waals surface area contributed by atoms with Gasteiger partial charge in [0.25, 0.3) is 5.56 Å². The third-order valence-electron chi connectivity index (χ3n) is 7.13. The molecule has 0 unspecified atom stereocenters. The average Bonchev–Trinajstić information content (AvgIpc) is 2.90. The molecule has 37 heavy (non-hydrogen) atoms. The number of halogens is 1. The fourth-order valence-corrected chi connectivity index (χ4v) is 5.17. The number of hydrogen-bond acceptors (Lipinski definition) is 5. The van der Waals surface area contributed by atoms with Gasteiger partial charge in [-0.15, -0.1) is 0 Å². The summed E-state index contributed by atoms with van der Waals surface area (Å²) in [5, 5.41) is 22.2. The number of likely N-dealkylation sites (tertiary alicyclic amines) is 1. The highest BCUT2D eigenvalue weighted by Gasteiger charge is 2.35. The van der Waals surface area contributed by atoms with Gasteiger partial charge in [-0.25, -0.2) is 9.18 Å². The second-order valence-corrected chi connectivity index (χ2v) is 9.33. The zero-order valence-corrected chi connectivity index (χ0v) is 20.4. The molecule has 5 rings (SSSR count). The fourth-order valence-electron chi connectivity index (χ4n) is 5.17. The van der Waals surface area contributed by atoms with E-state index in [0.29, 0.717) is 37.1 Å². The number of carbonyl (C=O) groups is 1. The summed E-state index contributed by atoms with van der Waals surface area (Å²) < 4.78 is 20.8. The Morgan fingerprint density at radius 2 is 1.70 bits per heavy atom. The Morgan fingerprint density at radius 1 is 1.00 bits per heavy atom. The Kier molecular flexibility index (Phi) is 6.54. The van der Waals surface area contributed by atoms with Crippen molar-refractivity contribution < 1.29 is 24.1 Å². The molecule has 1 aliphatic rings. The third kappa shape index (κ3) is 4.61. The minimum atomic E-state index is -1.17. The lowest BCUT2D eigenvalue weighted by Crippen LogP contribution is -2.43. The van der Waals surface area contributed by atoms with Crippen LogP contribution in [-0.2, 0) is 12.1 Å². The molecule has 0 aliphatic carbocycles. The van der Waals surface area contributed by atoms with Gasteiger partial charge in [0.1, 0.15) is 11.6 Å². The summed E-state index contributed by atoms with van der Waals surface area (Å²) in [5.41, 5.74) is -0.155. The number of carboxylic acid groups (broad SMARTS) is 1. The van der Waals surface area contributed by atoms with Gasteiger partial charge in [-0.1, -0.05) is 36.4 Å². The van der Waals surface area contributed by atoms with Crippen molar-refractivity contribution in [3.8, 4) is 11.4 Å². The molecule has 0 saturated carbocycles. The number of pyridine rings is 1. The maximum Gasteiger partial charge on any atom is 0.338 e. The van der Waals surface area contributed by atoms with E-state index < -0.39 is 22.9 Å². The van der Waals surface area contributed by atoms with Crippen molar-refractivity contribution in [2.45, 2.75) is 25.0 Å². The van der Waals surface area contributed by atoms with Crippen molar-refractivity contribution in [2.24, 2.45) is 0 Å². The van der Waals surface area contributed by atoms with Crippen LogP contribution in [0, 0.1) is 5.82 Å². The number of methoxy groups -OCH3 is 1. The van der Waals surface area contributed by atoms with Crippen molar-refractivity contribution in [1.82, 2.24) is 9.47 Å². The maximum absolute atomic E-state index is 14.2. The molecule has 0 atom stereocenters. The molecule has 0 bridgehead atoms. The molecule has 4 aromatic rings. The van der Waals surface area contributed by atoms with Crippen molar-refractivity contribution in [1.29, 1.82) is 0 Å². The summed E-state index contributed by atoms with van der Waals surface area (Å²) in [6.07, 6.45) is 0.834. The Hall–Kier alpha value is -4.01. The first-order chi connectivity index (χ1) is 17.8. The summed E-state index contributed by atoms with van der Waals surface area (Å²) in [6.45, 7) is 1.08. The van der Waals surface area contributed by atoms with Crippen LogP contribution in [0.15, 0.2) is 77.6 Å². The van der Waals surface area contributed by atoms with Crippen LogP contribution >= 0.6 is 0 Å². The minimum absolute atomic E-state index is 0.00749. The zero-order valence-electron chi connectivity index (χ0n) is 20.4. The van der Waals surface area contributed by atoms with Gasteiger partial charge in [-0.3, -0.25) is 14.3 Å². The highest BCUT2D eigenvalue weighted by molar-refractivity contribution is 6.04. The van der Waals surface area contributed by atoms with E-state index in [1.807, 2.05) is 29.2 Å². The molecular formula is C29H27FN2O5. The molecule has 3 aromatic carbocycles. The molecule has 1 fully saturated rings. The molecule has 190 valence electrons. The molecular weight excluding hydrogens is 475 g/mol. The van der Waals surface area contributed by atoms with Crippen LogP contribution in [-0.4, -0.2) is 45.8 Å². The van der Waals surface area contributed by atoms with Crippen LogP contribution in [0.4, 0.5) is 4.39 Å². The number of nitrogens with zero attached hydrogens (tertiary/aromatic N) is 2. The van der Waals surface area contributed by atoms with Crippen LogP contribution in [0.2, 0.25) is 0 Å². The molecule has 1 saturated heterocycles. The number of aliphatic hydroxyl groups is 1. The van der Waals surface area contributed by atoms with Gasteiger partial charge in [-0.2, -0.15) is 0 Å². The smallest absolute Gasteiger partial charge is 0.338 e. The second kappa shape index (κ2) is 9.80. The first kappa shape index (κ1) is 24.7. The van der Waals surface area contributed by atoms with E-state index in [-0.39, 0.29) is 28.9 Å². The Bertz CT molecular complexity index is 1540. The standard InChI is InChI=1S/C29H27FN2O5/c1-37-22-9-4-6-19(16-22)29(36)12-14-31(15-13-29)18-25-26(28(34)35)23-10-2-3-11-24(23)27(33)32(25)21-8-5-7-20(30)17-21/h2-11,16-17,36H,12-15,18H2,1H3,(H,34,35). The van der Waals surface area contributed by atoms with E-state index >= 15 is 0 Å². The number of piperidine rings is 1. The monoisotopic (exact) mass is 502 g/mol. The van der Waals surface area contributed by atoms with Gasteiger partial charge in [0.2, 0.25) is 0 Å². The Balaban J connectivity index is 1.56. The average molecular weight is 503 g/mol. The number of rotatable bonds is 6. The first-order valence-electron chi connectivity index (χ1n) is 12.1. The van der Waals surface area contributed by atoms with Crippen molar-refractivity contribution in [2.75, 3.05) is 20.2 Å². The minimum Gasteiger partial charge on any atom is -0.497 e. The number of benzene rings is 3. The Morgan fingerprint density at radius 3 is 2.38 bits per heavy atom. The molecule has 0 spiro atoms. The van der Waals surface area contributed by atoms with Crippen LogP contribution in [0.5, 0.6) is 5.75 Å². The summed E-state index contributed by atoms with van der Waals surface area (Å²) in [6, 6.07) is 19.5. The number of hydrogen-bond donors (Lipinski definition) is 2. The quantitative estimate of drug-likeness (QED) is 0.408. The van der Waals surface area contributed by atoms with E-state index in [4.69, 9.17) is 4.74 Å². The van der Waals surface area contributed by atoms with E-state index in [0.717, 1.165) is 5.56 Å². The number of aromatic carboxylic acids is 1. The van der Waals surface area contributed by atoms with Crippen LogP contribution in [0.3, 0.4) is 0 Å². The van der Waals surface area contributed by atoms with Gasteiger partial charge >= 0.3 is 5.97 Å². The molecule has 8 heteroatoms. The van der Waals surface area contributed by atoms with Gasteiger partial charge in [0.15, 0.2) is 0 Å². The zero-order chi connectivity index (χ0) is 26.2. The predicted molar refractivity (Wildman–Crippen MR) is 138 cm³/mol. The molecule has 1 aliphatic heterocycles. The molecule has 7 nitrogen and oxygen atoms in total. The predicted octanol–water partition coefficient (Wildman–Crippen LogP) is 4.32. The summed E-state index contributed by atoms with van der Waals surface area (Å²) >= 11 is 0. The normalized spacial score (nSPS) is 15.5. The van der Waals surface area contributed by atoms with Crippen molar-refractivity contribution >= 4 is 16.7 Å². The highest BCUT2D eigenvalue weighted by atomic mass is 19.1. The van der Waals surface area contributed by atoms with E-state index in [1.54, 1.807) is 37.4 Å². The molecule has 0 radical (unpaired) electrons. The lowest BCUT2D eigenvalue weighted by molar-refractivity contribution is -0.0283. The summed E-state index contributed by atoms with van der Waals surface area (Å²) in [4.78, 5) is 28.1. The summed E-state index contributed by atoms with van der Waals surface area (Å²) in [7, 11) is 1.58. The lowest BCUT2D eigenvalue weighted by atomic mass is 9.84. The van der Waals surface area contributed by atoms with Crippen molar-refractivity contribution in [3.63, 3.8) is 0 Å². The SMILES string of the molecule is COc1cccc(C2(O)CCN(Cc3c(C(=O)O)c4ccccc4c(=O)n3-c3cccc(F)c3)CC2)c1. The third-order valence-corrected chi connectivity index (χ3v) is 7.13. The molecule has 1 aromatic heterocycles. The van der Waals surface area contributed by atoms with Crippen molar-refractivity contribution in [3.05, 3.63) is 106 Å². The van der Waals surface area contributed by atoms with Crippen LogP contribution < -0.4 is 10.3 Å². The molecule has 0 amide bonds. The second-order valence-electron chi connectivity index (χ2n) is 9.33. The molecule has 2 heterocycles. The Labute approximate surface area is 213 Å². The van der Waals surface area contributed by atoms with E-state index in [2.05, 4.69) is 0 Å². The van der Waals surface area contributed by atoms with Gasteiger partial charge in [0.05, 0.1) is 29.7 Å². The van der Waals surface area contributed by atoms with E-state index in [9.17, 15) is 24.2 Å². The fraction of sp³-hybridized carbons (Fsp3) is 0.241.